The van der Waals surface area contributed by atoms with Crippen LogP contribution < -0.4 is 5.32 Å². The highest BCUT2D eigenvalue weighted by Crippen LogP contribution is 2.41. The molecule has 1 fully saturated rings. The smallest absolute Gasteiger partial charge is 0.406 e. The van der Waals surface area contributed by atoms with Crippen LogP contribution in [-0.4, -0.2) is 24.8 Å². The normalized spacial score (nSPS) is 18.0. The Hall–Kier alpha value is -1.56. The second-order valence-corrected chi connectivity index (χ2v) is 5.68. The zero-order chi connectivity index (χ0) is 16.2. The molecule has 122 valence electrons. The topological polar surface area (TPSA) is 38.3 Å². The fourth-order valence-corrected chi connectivity index (χ4v) is 2.86. The molecule has 0 aromatic heterocycles. The highest BCUT2D eigenvalue weighted by molar-refractivity contribution is 5.89. The molecule has 3 nitrogen and oxygen atoms in total. The number of rotatable bonds is 4. The third kappa shape index (κ3) is 3.61. The van der Waals surface area contributed by atoms with Crippen molar-refractivity contribution in [2.24, 2.45) is 0 Å². The molecule has 1 aliphatic carbocycles. The van der Waals surface area contributed by atoms with Crippen molar-refractivity contribution in [3.8, 4) is 0 Å². The van der Waals surface area contributed by atoms with E-state index in [-0.39, 0.29) is 19.4 Å². The van der Waals surface area contributed by atoms with Gasteiger partial charge in [0.15, 0.2) is 0 Å². The van der Waals surface area contributed by atoms with Crippen LogP contribution in [0, 0.1) is 0 Å². The summed E-state index contributed by atoms with van der Waals surface area (Å²) in [7, 11) is 1.29. The quantitative estimate of drug-likeness (QED) is 0.858. The van der Waals surface area contributed by atoms with E-state index in [0.29, 0.717) is 24.0 Å². The molecule has 0 unspecified atom stereocenters. The van der Waals surface area contributed by atoms with E-state index in [0.717, 1.165) is 6.42 Å². The van der Waals surface area contributed by atoms with E-state index in [4.69, 9.17) is 0 Å². The van der Waals surface area contributed by atoms with Crippen molar-refractivity contribution in [1.82, 2.24) is 5.32 Å². The Morgan fingerprint density at radius 1 is 1.18 bits per heavy atom. The van der Waals surface area contributed by atoms with Crippen molar-refractivity contribution in [2.45, 2.75) is 50.4 Å². The monoisotopic (exact) mass is 315 g/mol. The number of nitrogens with one attached hydrogen (secondary N) is 1. The molecule has 0 aliphatic heterocycles. The van der Waals surface area contributed by atoms with Gasteiger partial charge in [-0.15, -0.1) is 0 Å². The van der Waals surface area contributed by atoms with Crippen LogP contribution in [0.25, 0.3) is 0 Å². The lowest BCUT2D eigenvalue weighted by atomic mass is 9.81. The number of hydrogen-bond donors (Lipinski definition) is 1. The van der Waals surface area contributed by atoms with Gasteiger partial charge in [0.1, 0.15) is 5.54 Å². The second kappa shape index (κ2) is 6.69. The van der Waals surface area contributed by atoms with E-state index < -0.39 is 17.7 Å². The van der Waals surface area contributed by atoms with Crippen molar-refractivity contribution in [1.29, 1.82) is 0 Å². The van der Waals surface area contributed by atoms with E-state index in [1.54, 1.807) is 24.3 Å². The second-order valence-electron chi connectivity index (χ2n) is 5.68. The van der Waals surface area contributed by atoms with Crippen LogP contribution in [0.2, 0.25) is 0 Å². The largest absolute Gasteiger partial charge is 0.465 e. The third-order valence-electron chi connectivity index (χ3n) is 4.26. The van der Waals surface area contributed by atoms with E-state index in [9.17, 15) is 18.0 Å². The van der Waals surface area contributed by atoms with Gasteiger partial charge in [0.2, 0.25) is 0 Å². The zero-order valence-electron chi connectivity index (χ0n) is 12.5. The van der Waals surface area contributed by atoms with Gasteiger partial charge >= 0.3 is 12.1 Å². The Bertz CT molecular complexity index is 505. The predicted molar refractivity (Wildman–Crippen MR) is 76.5 cm³/mol. The van der Waals surface area contributed by atoms with Gasteiger partial charge in [0.25, 0.3) is 0 Å². The van der Waals surface area contributed by atoms with Crippen LogP contribution in [-0.2, 0) is 11.3 Å². The van der Waals surface area contributed by atoms with Gasteiger partial charge in [0, 0.05) is 6.54 Å². The maximum Gasteiger partial charge on any atom is 0.406 e. The van der Waals surface area contributed by atoms with Crippen LogP contribution in [0.3, 0.4) is 0 Å². The van der Waals surface area contributed by atoms with Gasteiger partial charge in [-0.1, -0.05) is 31.4 Å². The highest BCUT2D eigenvalue weighted by Gasteiger charge is 2.54. The summed E-state index contributed by atoms with van der Waals surface area (Å²) in [5, 5.41) is 2.71. The molecule has 0 amide bonds. The number of carbonyl (C=O) groups is 1. The third-order valence-corrected chi connectivity index (χ3v) is 4.26. The molecule has 0 bridgehead atoms. The number of halogens is 3. The number of ether oxygens (including phenoxy) is 1. The Kier molecular flexibility index (Phi) is 5.11. The molecule has 1 aromatic rings. The first kappa shape index (κ1) is 16.8. The SMILES string of the molecule is COC(=O)c1ccc(CNC2(C(F)(F)F)CCCCC2)cc1. The molecule has 1 N–H and O–H groups in total. The van der Waals surface area contributed by atoms with Crippen LogP contribution in [0.5, 0.6) is 0 Å². The predicted octanol–water partition coefficient (Wildman–Crippen LogP) is 3.83. The molecule has 1 aliphatic rings. The number of esters is 1. The molecule has 2 rings (SSSR count). The maximum absolute atomic E-state index is 13.4. The van der Waals surface area contributed by atoms with Gasteiger partial charge in [-0.3, -0.25) is 5.32 Å². The zero-order valence-corrected chi connectivity index (χ0v) is 12.5. The summed E-state index contributed by atoms with van der Waals surface area (Å²) in [5.41, 5.74) is -0.692. The van der Waals surface area contributed by atoms with Crippen molar-refractivity contribution < 1.29 is 22.7 Å². The van der Waals surface area contributed by atoms with E-state index in [2.05, 4.69) is 10.1 Å². The number of benzene rings is 1. The molecule has 0 heterocycles. The first-order valence-electron chi connectivity index (χ1n) is 7.37. The lowest BCUT2D eigenvalue weighted by Crippen LogP contribution is -2.57. The number of hydrogen-bond acceptors (Lipinski definition) is 3. The molecule has 6 heteroatoms. The first-order chi connectivity index (χ1) is 10.4. The molecule has 0 saturated heterocycles. The molecule has 0 radical (unpaired) electrons. The van der Waals surface area contributed by atoms with Crippen LogP contribution >= 0.6 is 0 Å². The minimum absolute atomic E-state index is 0.122. The average molecular weight is 315 g/mol. The molecular weight excluding hydrogens is 295 g/mol. The molecule has 0 atom stereocenters. The fourth-order valence-electron chi connectivity index (χ4n) is 2.86. The Labute approximate surface area is 127 Å². The van der Waals surface area contributed by atoms with Crippen molar-refractivity contribution in [3.05, 3.63) is 35.4 Å². The first-order valence-corrected chi connectivity index (χ1v) is 7.37. The number of alkyl halides is 3. The fraction of sp³-hybridized carbons (Fsp3) is 0.562. The van der Waals surface area contributed by atoms with Gasteiger partial charge < -0.3 is 4.74 Å². The lowest BCUT2D eigenvalue weighted by Gasteiger charge is -2.39. The lowest BCUT2D eigenvalue weighted by molar-refractivity contribution is -0.206. The Balaban J connectivity index is 2.05. The summed E-state index contributed by atoms with van der Waals surface area (Å²) in [6.07, 6.45) is -1.97. The molecule has 22 heavy (non-hydrogen) atoms. The average Bonchev–Trinajstić information content (AvgIpc) is 2.52. The van der Waals surface area contributed by atoms with Crippen molar-refractivity contribution >= 4 is 5.97 Å². The van der Waals surface area contributed by atoms with Gasteiger partial charge in [-0.25, -0.2) is 4.79 Å². The minimum Gasteiger partial charge on any atom is -0.465 e. The van der Waals surface area contributed by atoms with Gasteiger partial charge in [-0.2, -0.15) is 13.2 Å². The number of methoxy groups -OCH3 is 1. The van der Waals surface area contributed by atoms with Crippen molar-refractivity contribution in [2.75, 3.05) is 7.11 Å². The van der Waals surface area contributed by atoms with E-state index >= 15 is 0 Å². The van der Waals surface area contributed by atoms with Gasteiger partial charge in [0.05, 0.1) is 12.7 Å². The molecule has 1 aromatic carbocycles. The molecule has 1 saturated carbocycles. The summed E-state index contributed by atoms with van der Waals surface area (Å²) < 4.78 is 44.8. The molecule has 0 spiro atoms. The maximum atomic E-state index is 13.4. The molecular formula is C16H20F3NO2. The van der Waals surface area contributed by atoms with Crippen molar-refractivity contribution in [3.63, 3.8) is 0 Å². The van der Waals surface area contributed by atoms with E-state index in [1.807, 2.05) is 0 Å². The summed E-state index contributed by atoms with van der Waals surface area (Å²) >= 11 is 0. The minimum atomic E-state index is -4.25. The highest BCUT2D eigenvalue weighted by atomic mass is 19.4. The number of carbonyl (C=O) groups excluding carboxylic acids is 1. The summed E-state index contributed by atoms with van der Waals surface area (Å²) in [6.45, 7) is 0.126. The van der Waals surface area contributed by atoms with Gasteiger partial charge in [-0.05, 0) is 30.5 Å². The van der Waals surface area contributed by atoms with E-state index in [1.165, 1.54) is 7.11 Å². The Morgan fingerprint density at radius 3 is 2.27 bits per heavy atom. The summed E-state index contributed by atoms with van der Waals surface area (Å²) in [6, 6.07) is 6.41. The van der Waals surface area contributed by atoms with Crippen LogP contribution in [0.1, 0.15) is 48.0 Å². The Morgan fingerprint density at radius 2 is 1.77 bits per heavy atom. The standard InChI is InChI=1S/C16H20F3NO2/c1-22-14(21)13-7-5-12(6-8-13)11-20-15(16(17,18)19)9-3-2-4-10-15/h5-8,20H,2-4,9-11H2,1H3. The summed E-state index contributed by atoms with van der Waals surface area (Å²) in [5.74, 6) is -0.460. The summed E-state index contributed by atoms with van der Waals surface area (Å²) in [4.78, 5) is 11.3. The van der Waals surface area contributed by atoms with Crippen LogP contribution in [0.4, 0.5) is 13.2 Å². The van der Waals surface area contributed by atoms with Crippen LogP contribution in [0.15, 0.2) is 24.3 Å².